The maximum absolute atomic E-state index is 13.5. The summed E-state index contributed by atoms with van der Waals surface area (Å²) >= 11 is 0. The Bertz CT molecular complexity index is 864. The van der Waals surface area contributed by atoms with Crippen molar-refractivity contribution >= 4 is 28.3 Å². The first-order valence-electron chi connectivity index (χ1n) is 6.82. The first kappa shape index (κ1) is 14.8. The van der Waals surface area contributed by atoms with Gasteiger partial charge in [-0.05, 0) is 24.3 Å². The Hall–Kier alpha value is -3.09. The molecule has 1 heterocycles. The quantitative estimate of drug-likeness (QED) is 0.777. The van der Waals surface area contributed by atoms with Gasteiger partial charge in [-0.2, -0.15) is 0 Å². The molecule has 3 aromatic rings. The molecule has 3 rings (SSSR count). The molecular weight excluding hydrogens is 302 g/mol. The predicted octanol–water partition coefficient (Wildman–Crippen LogP) is 2.96. The van der Waals surface area contributed by atoms with Crippen LogP contribution in [0.3, 0.4) is 0 Å². The molecule has 1 aromatic heterocycles. The molecule has 0 radical (unpaired) electrons. The summed E-state index contributed by atoms with van der Waals surface area (Å²) in [5, 5.41) is 6.02. The lowest BCUT2D eigenvalue weighted by atomic mass is 10.2. The lowest BCUT2D eigenvalue weighted by molar-refractivity contribution is -0.114. The molecule has 0 spiro atoms. The van der Waals surface area contributed by atoms with Gasteiger partial charge in [0.05, 0.1) is 17.7 Å². The van der Waals surface area contributed by atoms with Gasteiger partial charge in [0.15, 0.2) is 0 Å². The molecule has 0 unspecified atom stereocenters. The zero-order chi connectivity index (χ0) is 16.2. The van der Waals surface area contributed by atoms with Gasteiger partial charge in [0.25, 0.3) is 0 Å². The van der Waals surface area contributed by atoms with Crippen molar-refractivity contribution in [3.63, 3.8) is 0 Å². The van der Waals surface area contributed by atoms with Crippen LogP contribution >= 0.6 is 0 Å². The highest BCUT2D eigenvalue weighted by molar-refractivity contribution is 5.95. The number of anilines is 2. The molecule has 0 aliphatic carbocycles. The number of halogens is 2. The van der Waals surface area contributed by atoms with Crippen molar-refractivity contribution in [1.29, 1.82) is 0 Å². The van der Waals surface area contributed by atoms with E-state index in [0.29, 0.717) is 11.9 Å². The largest absolute Gasteiger partial charge is 0.360 e. The van der Waals surface area contributed by atoms with Crippen molar-refractivity contribution in [3.05, 3.63) is 60.4 Å². The zero-order valence-electron chi connectivity index (χ0n) is 11.9. The van der Waals surface area contributed by atoms with Gasteiger partial charge in [0.1, 0.15) is 23.8 Å². The van der Waals surface area contributed by atoms with Crippen molar-refractivity contribution in [2.45, 2.75) is 0 Å². The molecule has 7 heteroatoms. The van der Waals surface area contributed by atoms with E-state index in [1.807, 2.05) is 24.3 Å². The summed E-state index contributed by atoms with van der Waals surface area (Å²) in [7, 11) is 0. The molecule has 2 aromatic carbocycles. The number of amides is 1. The summed E-state index contributed by atoms with van der Waals surface area (Å²) in [5.74, 6) is -1.50. The number of carbonyl (C=O) groups excluding carboxylic acids is 1. The van der Waals surface area contributed by atoms with Gasteiger partial charge in [0.2, 0.25) is 5.91 Å². The normalized spacial score (nSPS) is 10.5. The lowest BCUT2D eigenvalue weighted by Crippen LogP contribution is -2.22. The third-order valence-electron chi connectivity index (χ3n) is 3.16. The molecule has 0 fully saturated rings. The monoisotopic (exact) mass is 314 g/mol. The highest BCUT2D eigenvalue weighted by Crippen LogP contribution is 2.18. The number of hydrogen-bond acceptors (Lipinski definition) is 4. The van der Waals surface area contributed by atoms with Gasteiger partial charge < -0.3 is 10.6 Å². The second-order valence-corrected chi connectivity index (χ2v) is 4.77. The average molecular weight is 314 g/mol. The zero-order valence-corrected chi connectivity index (χ0v) is 11.9. The van der Waals surface area contributed by atoms with E-state index >= 15 is 0 Å². The molecule has 5 nitrogen and oxygen atoms in total. The number of carbonyl (C=O) groups is 1. The number of fused-ring (bicyclic) bond motifs is 1. The van der Waals surface area contributed by atoms with Crippen LogP contribution in [0.4, 0.5) is 20.3 Å². The molecule has 0 bridgehead atoms. The summed E-state index contributed by atoms with van der Waals surface area (Å²) in [4.78, 5) is 20.1. The Kier molecular flexibility index (Phi) is 4.09. The minimum atomic E-state index is -0.828. The summed E-state index contributed by atoms with van der Waals surface area (Å²) in [6.45, 7) is -0.113. The van der Waals surface area contributed by atoms with Crippen LogP contribution in [0.1, 0.15) is 0 Å². The maximum atomic E-state index is 13.5. The van der Waals surface area contributed by atoms with E-state index in [1.54, 1.807) is 0 Å². The first-order chi connectivity index (χ1) is 11.1. The van der Waals surface area contributed by atoms with E-state index in [1.165, 1.54) is 12.4 Å². The van der Waals surface area contributed by atoms with E-state index in [4.69, 9.17) is 0 Å². The molecule has 0 aliphatic heterocycles. The Morgan fingerprint density at radius 3 is 2.74 bits per heavy atom. The smallest absolute Gasteiger partial charge is 0.243 e. The van der Waals surface area contributed by atoms with E-state index in [9.17, 15) is 13.6 Å². The molecule has 0 atom stereocenters. The second-order valence-electron chi connectivity index (χ2n) is 4.77. The summed E-state index contributed by atoms with van der Waals surface area (Å²) in [6.07, 6.45) is 1.39. The van der Waals surface area contributed by atoms with E-state index in [-0.39, 0.29) is 12.2 Å². The number of benzene rings is 2. The second kappa shape index (κ2) is 6.35. The third-order valence-corrected chi connectivity index (χ3v) is 3.16. The van der Waals surface area contributed by atoms with E-state index < -0.39 is 17.5 Å². The lowest BCUT2D eigenvalue weighted by Gasteiger charge is -2.09. The van der Waals surface area contributed by atoms with E-state index in [0.717, 1.165) is 17.0 Å². The average Bonchev–Trinajstić information content (AvgIpc) is 2.55. The summed E-state index contributed by atoms with van der Waals surface area (Å²) < 4.78 is 26.3. The Morgan fingerprint density at radius 2 is 1.91 bits per heavy atom. The molecule has 116 valence electrons. The van der Waals surface area contributed by atoms with Gasteiger partial charge >= 0.3 is 0 Å². The molecule has 1 amide bonds. The van der Waals surface area contributed by atoms with Crippen LogP contribution in [0.25, 0.3) is 10.9 Å². The van der Waals surface area contributed by atoms with Gasteiger partial charge in [0, 0.05) is 11.5 Å². The van der Waals surface area contributed by atoms with Gasteiger partial charge in [-0.3, -0.25) is 4.79 Å². The number of para-hydroxylation sites is 1. The SMILES string of the molecule is O=C(CNc1ncnc2ccccc12)Nc1ccc(F)cc1F. The maximum Gasteiger partial charge on any atom is 0.243 e. The minimum absolute atomic E-state index is 0.0780. The third kappa shape index (κ3) is 3.39. The molecular formula is C16H12F2N4O. The van der Waals surface area contributed by atoms with Crippen LogP contribution in [-0.2, 0) is 4.79 Å². The molecule has 0 saturated carbocycles. The van der Waals surface area contributed by atoms with Crippen molar-refractivity contribution < 1.29 is 13.6 Å². The standard InChI is InChI=1S/C16H12F2N4O/c17-10-5-6-14(12(18)7-10)22-15(23)8-19-16-11-3-1-2-4-13(11)20-9-21-16/h1-7,9H,8H2,(H,22,23)(H,19,20,21). The Balaban J connectivity index is 1.69. The number of aromatic nitrogens is 2. The number of hydrogen-bond donors (Lipinski definition) is 2. The van der Waals surface area contributed by atoms with Crippen LogP contribution in [-0.4, -0.2) is 22.4 Å². The highest BCUT2D eigenvalue weighted by Gasteiger charge is 2.09. The summed E-state index contributed by atoms with van der Waals surface area (Å²) in [6, 6.07) is 10.3. The fraction of sp³-hybridized carbons (Fsp3) is 0.0625. The van der Waals surface area contributed by atoms with Crippen molar-refractivity contribution in [2.24, 2.45) is 0 Å². The van der Waals surface area contributed by atoms with Crippen LogP contribution in [0.5, 0.6) is 0 Å². The topological polar surface area (TPSA) is 66.9 Å². The number of nitrogens with one attached hydrogen (secondary N) is 2. The predicted molar refractivity (Wildman–Crippen MR) is 83.0 cm³/mol. The Labute approximate surface area is 130 Å². The minimum Gasteiger partial charge on any atom is -0.360 e. The van der Waals surface area contributed by atoms with Crippen LogP contribution in [0.15, 0.2) is 48.8 Å². The van der Waals surface area contributed by atoms with Crippen molar-refractivity contribution in [1.82, 2.24) is 9.97 Å². The van der Waals surface area contributed by atoms with Crippen LogP contribution in [0.2, 0.25) is 0 Å². The molecule has 0 aliphatic rings. The fourth-order valence-electron chi connectivity index (χ4n) is 2.09. The fourth-order valence-corrected chi connectivity index (χ4v) is 2.09. The van der Waals surface area contributed by atoms with Crippen molar-refractivity contribution in [3.8, 4) is 0 Å². The van der Waals surface area contributed by atoms with Crippen molar-refractivity contribution in [2.75, 3.05) is 17.2 Å². The van der Waals surface area contributed by atoms with Crippen LogP contribution < -0.4 is 10.6 Å². The highest BCUT2D eigenvalue weighted by atomic mass is 19.1. The van der Waals surface area contributed by atoms with Gasteiger partial charge in [-0.25, -0.2) is 18.7 Å². The first-order valence-corrected chi connectivity index (χ1v) is 6.82. The van der Waals surface area contributed by atoms with Crippen LogP contribution in [0, 0.1) is 11.6 Å². The number of rotatable bonds is 4. The molecule has 2 N–H and O–H groups in total. The van der Waals surface area contributed by atoms with Gasteiger partial charge in [-0.15, -0.1) is 0 Å². The molecule has 23 heavy (non-hydrogen) atoms. The van der Waals surface area contributed by atoms with Gasteiger partial charge in [-0.1, -0.05) is 12.1 Å². The Morgan fingerprint density at radius 1 is 1.09 bits per heavy atom. The summed E-state index contributed by atoms with van der Waals surface area (Å²) in [5.41, 5.74) is 0.667. The van der Waals surface area contributed by atoms with E-state index in [2.05, 4.69) is 20.6 Å². The number of nitrogens with zero attached hydrogens (tertiary/aromatic N) is 2. The molecule has 0 saturated heterocycles.